The number of esters is 1. The summed E-state index contributed by atoms with van der Waals surface area (Å²) in [5.41, 5.74) is -0.489. The van der Waals surface area contributed by atoms with Crippen molar-refractivity contribution in [3.8, 4) is 0 Å². The molecule has 0 spiro atoms. The fraction of sp³-hybridized carbons (Fsp3) is 0.500. The summed E-state index contributed by atoms with van der Waals surface area (Å²) < 4.78 is 30.8. The number of aromatic carboxylic acids is 1. The van der Waals surface area contributed by atoms with Crippen LogP contribution in [0.1, 0.15) is 29.5 Å². The Morgan fingerprint density at radius 1 is 1.45 bits per heavy atom. The number of aromatic nitrogens is 2. The zero-order valence-electron chi connectivity index (χ0n) is 11.0. The van der Waals surface area contributed by atoms with Gasteiger partial charge in [-0.05, 0) is 13.8 Å². The first-order valence-electron chi connectivity index (χ1n) is 5.73. The average molecular weight is 305 g/mol. The summed E-state index contributed by atoms with van der Waals surface area (Å²) in [5.74, 6) is -2.00. The summed E-state index contributed by atoms with van der Waals surface area (Å²) in [7, 11) is -4.07. The molecule has 3 N–H and O–H groups in total. The van der Waals surface area contributed by atoms with Crippen LogP contribution in [-0.4, -0.2) is 48.8 Å². The molecule has 0 aliphatic rings. The van der Waals surface area contributed by atoms with Crippen LogP contribution in [0.4, 0.5) is 0 Å². The number of hydrogen-bond acceptors (Lipinski definition) is 6. The van der Waals surface area contributed by atoms with E-state index in [1.807, 2.05) is 0 Å². The number of H-pyrrole nitrogens is 1. The molecule has 0 saturated carbocycles. The van der Waals surface area contributed by atoms with Gasteiger partial charge in [0, 0.05) is 6.54 Å². The van der Waals surface area contributed by atoms with Gasteiger partial charge in [0.1, 0.15) is 4.90 Å². The minimum atomic E-state index is -4.07. The van der Waals surface area contributed by atoms with Crippen LogP contribution in [0.3, 0.4) is 0 Å². The second-order valence-electron chi connectivity index (χ2n) is 3.78. The number of carboxylic acids is 1. The molecule has 0 saturated heterocycles. The highest BCUT2D eigenvalue weighted by molar-refractivity contribution is 7.89. The number of aryl methyl sites for hydroxylation is 1. The Bertz CT molecular complexity index is 607. The lowest BCUT2D eigenvalue weighted by Gasteiger charge is -2.06. The van der Waals surface area contributed by atoms with Gasteiger partial charge in [-0.15, -0.1) is 0 Å². The Morgan fingerprint density at radius 3 is 2.65 bits per heavy atom. The molecule has 0 radical (unpaired) electrons. The summed E-state index contributed by atoms with van der Waals surface area (Å²) in [5, 5.41) is 14.6. The number of nitrogens with zero attached hydrogens (tertiary/aromatic N) is 1. The first-order chi connectivity index (χ1) is 9.29. The molecule has 0 aromatic carbocycles. The van der Waals surface area contributed by atoms with Gasteiger partial charge in [0.05, 0.1) is 18.7 Å². The zero-order valence-corrected chi connectivity index (χ0v) is 11.8. The van der Waals surface area contributed by atoms with E-state index in [9.17, 15) is 18.0 Å². The lowest BCUT2D eigenvalue weighted by atomic mass is 10.4. The highest BCUT2D eigenvalue weighted by atomic mass is 32.2. The van der Waals surface area contributed by atoms with Crippen LogP contribution in [0.5, 0.6) is 0 Å². The van der Waals surface area contributed by atoms with Crippen molar-refractivity contribution in [1.82, 2.24) is 14.9 Å². The third kappa shape index (κ3) is 3.78. The van der Waals surface area contributed by atoms with Crippen molar-refractivity contribution in [2.45, 2.75) is 25.2 Å². The molecule has 1 aromatic rings. The number of aromatic amines is 1. The van der Waals surface area contributed by atoms with Crippen molar-refractivity contribution in [1.29, 1.82) is 0 Å². The first-order valence-corrected chi connectivity index (χ1v) is 7.21. The van der Waals surface area contributed by atoms with Crippen molar-refractivity contribution in [3.63, 3.8) is 0 Å². The van der Waals surface area contributed by atoms with Gasteiger partial charge >= 0.3 is 11.9 Å². The maximum atomic E-state index is 12.0. The van der Waals surface area contributed by atoms with Crippen LogP contribution in [0.25, 0.3) is 0 Å². The fourth-order valence-corrected chi connectivity index (χ4v) is 2.84. The number of carboxylic acid groups (broad SMARTS) is 1. The maximum absolute atomic E-state index is 12.0. The predicted molar refractivity (Wildman–Crippen MR) is 66.7 cm³/mol. The summed E-state index contributed by atoms with van der Waals surface area (Å²) in [6.07, 6.45) is -0.146. The zero-order chi connectivity index (χ0) is 15.3. The summed E-state index contributed by atoms with van der Waals surface area (Å²) in [6.45, 7) is 3.04. The smallest absolute Gasteiger partial charge is 0.357 e. The molecule has 1 heterocycles. The van der Waals surface area contributed by atoms with Gasteiger partial charge in [-0.2, -0.15) is 5.10 Å². The monoisotopic (exact) mass is 305 g/mol. The van der Waals surface area contributed by atoms with Crippen LogP contribution in [0.2, 0.25) is 0 Å². The van der Waals surface area contributed by atoms with Gasteiger partial charge < -0.3 is 9.84 Å². The van der Waals surface area contributed by atoms with Gasteiger partial charge in [-0.1, -0.05) is 0 Å². The number of rotatable bonds is 7. The standard InChI is InChI=1S/C10H15N3O6S/c1-3-19-7(14)4-5-11-20(17,18)9-6(2)12-13-8(9)10(15)16/h11H,3-5H2,1-2H3,(H,12,13)(H,15,16). The van der Waals surface area contributed by atoms with Crippen molar-refractivity contribution in [2.75, 3.05) is 13.2 Å². The molecule has 112 valence electrons. The van der Waals surface area contributed by atoms with Gasteiger partial charge in [0.2, 0.25) is 10.0 Å². The maximum Gasteiger partial charge on any atom is 0.357 e. The first kappa shape index (κ1) is 16.1. The second-order valence-corrected chi connectivity index (χ2v) is 5.49. The molecule has 0 fully saturated rings. The van der Waals surface area contributed by atoms with E-state index in [0.717, 1.165) is 0 Å². The quantitative estimate of drug-likeness (QED) is 0.585. The summed E-state index contributed by atoms with van der Waals surface area (Å²) in [6, 6.07) is 0. The van der Waals surface area contributed by atoms with E-state index >= 15 is 0 Å². The Hall–Kier alpha value is -1.94. The minimum Gasteiger partial charge on any atom is -0.476 e. The van der Waals surface area contributed by atoms with E-state index < -0.39 is 32.6 Å². The number of nitrogens with one attached hydrogen (secondary N) is 2. The molecule has 0 bridgehead atoms. The molecule has 10 heteroatoms. The molecule has 0 aliphatic carbocycles. The summed E-state index contributed by atoms with van der Waals surface area (Å²) >= 11 is 0. The van der Waals surface area contributed by atoms with Crippen LogP contribution < -0.4 is 4.72 Å². The summed E-state index contributed by atoms with van der Waals surface area (Å²) in [4.78, 5) is 21.6. The van der Waals surface area contributed by atoms with Gasteiger partial charge in [0.25, 0.3) is 0 Å². The molecule has 0 amide bonds. The van der Waals surface area contributed by atoms with E-state index in [1.54, 1.807) is 6.92 Å². The lowest BCUT2D eigenvalue weighted by molar-refractivity contribution is -0.142. The van der Waals surface area contributed by atoms with Crippen LogP contribution in [-0.2, 0) is 19.6 Å². The van der Waals surface area contributed by atoms with Crippen LogP contribution in [0, 0.1) is 6.92 Å². The van der Waals surface area contributed by atoms with Gasteiger partial charge in [-0.3, -0.25) is 9.89 Å². The fourth-order valence-electron chi connectivity index (χ4n) is 1.49. The molecule has 0 atom stereocenters. The Morgan fingerprint density at radius 2 is 2.10 bits per heavy atom. The SMILES string of the molecule is CCOC(=O)CCNS(=O)(=O)c1c(C(=O)O)n[nH]c1C. The van der Waals surface area contributed by atoms with E-state index in [2.05, 4.69) is 19.7 Å². The number of sulfonamides is 1. The number of hydrogen-bond donors (Lipinski definition) is 3. The Kier molecular flexibility index (Phi) is 5.22. The van der Waals surface area contributed by atoms with E-state index in [4.69, 9.17) is 5.11 Å². The van der Waals surface area contributed by atoms with Crippen molar-refractivity contribution >= 4 is 22.0 Å². The lowest BCUT2D eigenvalue weighted by Crippen LogP contribution is -2.28. The molecule has 9 nitrogen and oxygen atoms in total. The second kappa shape index (κ2) is 6.48. The molecular weight excluding hydrogens is 290 g/mol. The number of carbonyl (C=O) groups is 2. The van der Waals surface area contributed by atoms with Crippen molar-refractivity contribution < 1.29 is 27.9 Å². The molecule has 1 aromatic heterocycles. The average Bonchev–Trinajstić information content (AvgIpc) is 2.72. The van der Waals surface area contributed by atoms with E-state index in [0.29, 0.717) is 0 Å². The molecule has 0 unspecified atom stereocenters. The Labute approximate surface area is 115 Å². The predicted octanol–water partition coefficient (Wildman–Crippen LogP) is -0.352. The highest BCUT2D eigenvalue weighted by Crippen LogP contribution is 2.17. The van der Waals surface area contributed by atoms with E-state index in [-0.39, 0.29) is 25.3 Å². The van der Waals surface area contributed by atoms with Gasteiger partial charge in [0.15, 0.2) is 5.69 Å². The largest absolute Gasteiger partial charge is 0.476 e. The third-order valence-electron chi connectivity index (χ3n) is 2.29. The van der Waals surface area contributed by atoms with Gasteiger partial charge in [-0.25, -0.2) is 17.9 Å². The molecule has 0 aliphatic heterocycles. The molecule has 20 heavy (non-hydrogen) atoms. The van der Waals surface area contributed by atoms with Crippen LogP contribution >= 0.6 is 0 Å². The number of ether oxygens (including phenoxy) is 1. The topological polar surface area (TPSA) is 138 Å². The highest BCUT2D eigenvalue weighted by Gasteiger charge is 2.27. The van der Waals surface area contributed by atoms with E-state index in [1.165, 1.54) is 6.92 Å². The normalized spacial score (nSPS) is 11.3. The molecule has 1 rings (SSSR count). The van der Waals surface area contributed by atoms with Crippen molar-refractivity contribution in [3.05, 3.63) is 11.4 Å². The number of carbonyl (C=O) groups excluding carboxylic acids is 1. The van der Waals surface area contributed by atoms with Crippen LogP contribution in [0.15, 0.2) is 4.90 Å². The Balaban J connectivity index is 2.82. The van der Waals surface area contributed by atoms with Crippen molar-refractivity contribution in [2.24, 2.45) is 0 Å². The minimum absolute atomic E-state index is 0.103. The molecular formula is C10H15N3O6S. The third-order valence-corrected chi connectivity index (χ3v) is 3.91.